The van der Waals surface area contributed by atoms with E-state index in [1.54, 1.807) is 18.2 Å². The Balaban J connectivity index is 0.00000625. The van der Waals surface area contributed by atoms with Crippen molar-refractivity contribution in [2.24, 2.45) is 5.92 Å². The molecule has 7 nitrogen and oxygen atoms in total. The molecule has 0 heterocycles. The fourth-order valence-corrected chi connectivity index (χ4v) is 2.28. The van der Waals surface area contributed by atoms with Gasteiger partial charge < -0.3 is 25.4 Å². The lowest BCUT2D eigenvalue weighted by molar-refractivity contribution is -0.123. The van der Waals surface area contributed by atoms with Crippen molar-refractivity contribution in [3.05, 3.63) is 23.8 Å². The van der Waals surface area contributed by atoms with E-state index in [4.69, 9.17) is 9.47 Å². The molecule has 3 N–H and O–H groups in total. The van der Waals surface area contributed by atoms with E-state index in [0.717, 1.165) is 13.0 Å². The summed E-state index contributed by atoms with van der Waals surface area (Å²) in [5, 5.41) is 8.68. The minimum Gasteiger partial charge on any atom is -0.497 e. The zero-order chi connectivity index (χ0) is 18.8. The van der Waals surface area contributed by atoms with Gasteiger partial charge in [0.2, 0.25) is 5.91 Å². The lowest BCUT2D eigenvalue weighted by Gasteiger charge is -2.22. The van der Waals surface area contributed by atoms with Crippen LogP contribution in [0.25, 0.3) is 0 Å². The van der Waals surface area contributed by atoms with Gasteiger partial charge in [0, 0.05) is 18.2 Å². The van der Waals surface area contributed by atoms with Gasteiger partial charge in [0.15, 0.2) is 0 Å². The molecule has 1 unspecified atom stereocenters. The van der Waals surface area contributed by atoms with Crippen LogP contribution in [0.15, 0.2) is 18.2 Å². The number of hydrogen-bond acceptors (Lipinski definition) is 5. The third kappa shape index (κ3) is 7.49. The van der Waals surface area contributed by atoms with Crippen molar-refractivity contribution >= 4 is 24.2 Å². The average Bonchev–Trinajstić information content (AvgIpc) is 2.61. The maximum absolute atomic E-state index is 12.6. The topological polar surface area (TPSA) is 88.7 Å². The SMILES string of the molecule is CNCCCNC(=O)C(NC(=O)c1cc(OC)cc(OC)c1)C(C)C.Cl. The molecule has 148 valence electrons. The molecule has 1 aromatic rings. The van der Waals surface area contributed by atoms with Crippen molar-refractivity contribution in [2.75, 3.05) is 34.4 Å². The largest absolute Gasteiger partial charge is 0.497 e. The molecule has 1 rings (SSSR count). The van der Waals surface area contributed by atoms with Crippen molar-refractivity contribution in [2.45, 2.75) is 26.3 Å². The molecule has 0 aliphatic carbocycles. The Labute approximate surface area is 161 Å². The van der Waals surface area contributed by atoms with Crippen LogP contribution in [0.2, 0.25) is 0 Å². The first-order chi connectivity index (χ1) is 11.9. The molecule has 0 fully saturated rings. The molecule has 0 aliphatic heterocycles. The van der Waals surface area contributed by atoms with Gasteiger partial charge in [-0.1, -0.05) is 13.8 Å². The molecule has 0 spiro atoms. The van der Waals surface area contributed by atoms with E-state index in [-0.39, 0.29) is 30.1 Å². The van der Waals surface area contributed by atoms with E-state index in [0.29, 0.717) is 23.6 Å². The summed E-state index contributed by atoms with van der Waals surface area (Å²) < 4.78 is 10.4. The summed E-state index contributed by atoms with van der Waals surface area (Å²) in [5.41, 5.74) is 0.379. The summed E-state index contributed by atoms with van der Waals surface area (Å²) in [6.07, 6.45) is 0.827. The van der Waals surface area contributed by atoms with E-state index in [9.17, 15) is 9.59 Å². The van der Waals surface area contributed by atoms with Gasteiger partial charge in [0.25, 0.3) is 5.91 Å². The van der Waals surface area contributed by atoms with Crippen molar-refractivity contribution in [3.63, 3.8) is 0 Å². The summed E-state index contributed by atoms with van der Waals surface area (Å²) in [6, 6.07) is 4.30. The third-order valence-corrected chi connectivity index (χ3v) is 3.75. The Bertz CT molecular complexity index is 559. The number of carbonyl (C=O) groups is 2. The summed E-state index contributed by atoms with van der Waals surface area (Å²) in [4.78, 5) is 24.9. The molecule has 1 aromatic carbocycles. The zero-order valence-electron chi connectivity index (χ0n) is 16.0. The molecule has 0 saturated carbocycles. The number of amides is 2. The minimum absolute atomic E-state index is 0. The number of hydrogen-bond donors (Lipinski definition) is 3. The molecule has 26 heavy (non-hydrogen) atoms. The highest BCUT2D eigenvalue weighted by Gasteiger charge is 2.24. The standard InChI is InChI=1S/C18H29N3O4.ClH/c1-12(2)16(18(23)20-8-6-7-19-3)21-17(22)13-9-14(24-4)11-15(10-13)25-5;/h9-12,16,19H,6-8H2,1-5H3,(H,20,23)(H,21,22);1H. The van der Waals surface area contributed by atoms with Gasteiger partial charge >= 0.3 is 0 Å². The van der Waals surface area contributed by atoms with Crippen LogP contribution >= 0.6 is 12.4 Å². The molecule has 8 heteroatoms. The summed E-state index contributed by atoms with van der Waals surface area (Å²) in [5.74, 6) is 0.459. The van der Waals surface area contributed by atoms with Crippen molar-refractivity contribution in [1.82, 2.24) is 16.0 Å². The monoisotopic (exact) mass is 387 g/mol. The van der Waals surface area contributed by atoms with Crippen molar-refractivity contribution in [1.29, 1.82) is 0 Å². The van der Waals surface area contributed by atoms with E-state index >= 15 is 0 Å². The Morgan fingerprint density at radius 2 is 1.62 bits per heavy atom. The summed E-state index contributed by atoms with van der Waals surface area (Å²) in [7, 11) is 4.90. The normalized spacial score (nSPS) is 11.3. The Morgan fingerprint density at radius 1 is 1.04 bits per heavy atom. The fourth-order valence-electron chi connectivity index (χ4n) is 2.28. The van der Waals surface area contributed by atoms with Crippen LogP contribution in [0, 0.1) is 5.92 Å². The molecule has 0 saturated heterocycles. The number of nitrogens with one attached hydrogen (secondary N) is 3. The second-order valence-electron chi connectivity index (χ2n) is 6.04. The molecular formula is C18H30ClN3O4. The van der Waals surface area contributed by atoms with Gasteiger partial charge in [-0.05, 0) is 38.1 Å². The van der Waals surface area contributed by atoms with E-state index in [2.05, 4.69) is 16.0 Å². The highest BCUT2D eigenvalue weighted by Crippen LogP contribution is 2.22. The van der Waals surface area contributed by atoms with Gasteiger partial charge in [-0.25, -0.2) is 0 Å². The summed E-state index contributed by atoms with van der Waals surface area (Å²) >= 11 is 0. The first-order valence-electron chi connectivity index (χ1n) is 8.39. The second-order valence-corrected chi connectivity index (χ2v) is 6.04. The Hall–Kier alpha value is -1.99. The molecular weight excluding hydrogens is 358 g/mol. The van der Waals surface area contributed by atoms with E-state index in [1.165, 1.54) is 14.2 Å². The van der Waals surface area contributed by atoms with E-state index < -0.39 is 6.04 Å². The predicted molar refractivity (Wildman–Crippen MR) is 104 cm³/mol. The summed E-state index contributed by atoms with van der Waals surface area (Å²) in [6.45, 7) is 5.17. The van der Waals surface area contributed by atoms with Crippen LogP contribution in [0.1, 0.15) is 30.6 Å². The first-order valence-corrected chi connectivity index (χ1v) is 8.39. The maximum atomic E-state index is 12.6. The number of carbonyl (C=O) groups excluding carboxylic acids is 2. The van der Waals surface area contributed by atoms with Gasteiger partial charge in [0.1, 0.15) is 17.5 Å². The number of halogens is 1. The van der Waals surface area contributed by atoms with Gasteiger partial charge in [-0.2, -0.15) is 0 Å². The minimum atomic E-state index is -0.612. The van der Waals surface area contributed by atoms with Crippen LogP contribution in [0.5, 0.6) is 11.5 Å². The number of ether oxygens (including phenoxy) is 2. The maximum Gasteiger partial charge on any atom is 0.252 e. The first kappa shape index (κ1) is 24.0. The lowest BCUT2D eigenvalue weighted by Crippen LogP contribution is -2.50. The van der Waals surface area contributed by atoms with Crippen LogP contribution in [-0.2, 0) is 4.79 Å². The van der Waals surface area contributed by atoms with Crippen LogP contribution in [0.3, 0.4) is 0 Å². The van der Waals surface area contributed by atoms with Gasteiger partial charge in [0.05, 0.1) is 14.2 Å². The van der Waals surface area contributed by atoms with E-state index in [1.807, 2.05) is 20.9 Å². The quantitative estimate of drug-likeness (QED) is 0.531. The van der Waals surface area contributed by atoms with Crippen LogP contribution in [-0.4, -0.2) is 52.2 Å². The molecule has 0 aliphatic rings. The number of methoxy groups -OCH3 is 2. The highest BCUT2D eigenvalue weighted by atomic mass is 35.5. The smallest absolute Gasteiger partial charge is 0.252 e. The van der Waals surface area contributed by atoms with Crippen LogP contribution in [0.4, 0.5) is 0 Å². The Kier molecular flexibility index (Phi) is 11.4. The molecule has 0 aromatic heterocycles. The molecule has 0 radical (unpaired) electrons. The molecule has 2 amide bonds. The Morgan fingerprint density at radius 3 is 2.08 bits per heavy atom. The highest BCUT2D eigenvalue weighted by molar-refractivity contribution is 5.98. The number of rotatable bonds is 10. The third-order valence-electron chi connectivity index (χ3n) is 3.75. The van der Waals surface area contributed by atoms with Gasteiger partial charge in [-0.3, -0.25) is 9.59 Å². The lowest BCUT2D eigenvalue weighted by atomic mass is 10.0. The van der Waals surface area contributed by atoms with Crippen molar-refractivity contribution < 1.29 is 19.1 Å². The van der Waals surface area contributed by atoms with Crippen molar-refractivity contribution in [3.8, 4) is 11.5 Å². The van der Waals surface area contributed by atoms with Crippen LogP contribution < -0.4 is 25.4 Å². The molecule has 0 bridgehead atoms. The van der Waals surface area contributed by atoms with Gasteiger partial charge in [-0.15, -0.1) is 12.4 Å². The average molecular weight is 388 g/mol. The predicted octanol–water partition coefficient (Wildman–Crippen LogP) is 1.61. The zero-order valence-corrected chi connectivity index (χ0v) is 16.9. The number of benzene rings is 1. The second kappa shape index (κ2) is 12.4. The molecule has 1 atom stereocenters. The fraction of sp³-hybridized carbons (Fsp3) is 0.556.